The summed E-state index contributed by atoms with van der Waals surface area (Å²) in [4.78, 5) is 12.6. The molecule has 0 fully saturated rings. The number of amides is 1. The number of nitrogens with one attached hydrogen (secondary N) is 1. The predicted molar refractivity (Wildman–Crippen MR) is 103 cm³/mol. The second kappa shape index (κ2) is 8.42. The van der Waals surface area contributed by atoms with E-state index in [2.05, 4.69) is 5.32 Å². The molecule has 8 heteroatoms. The first-order valence-corrected chi connectivity index (χ1v) is 10.1. The Hall–Kier alpha value is -2.25. The predicted octanol–water partition coefficient (Wildman–Crippen LogP) is 2.82. The molecule has 1 unspecified atom stereocenters. The molecule has 26 heavy (non-hydrogen) atoms. The molecule has 2 aromatic rings. The molecule has 2 rings (SSSR count). The number of hydrogen-bond acceptors (Lipinski definition) is 4. The fourth-order valence-electron chi connectivity index (χ4n) is 2.53. The lowest BCUT2D eigenvalue weighted by atomic mass is 10.2. The number of hydrogen-bond donors (Lipinski definition) is 1. The van der Waals surface area contributed by atoms with Crippen molar-refractivity contribution < 1.29 is 17.9 Å². The summed E-state index contributed by atoms with van der Waals surface area (Å²) in [5.41, 5.74) is 1.11. The third-order valence-corrected chi connectivity index (χ3v) is 5.42. The molecule has 0 aromatic heterocycles. The van der Waals surface area contributed by atoms with Gasteiger partial charge < -0.3 is 10.1 Å². The Kier molecular flexibility index (Phi) is 6.50. The summed E-state index contributed by atoms with van der Waals surface area (Å²) in [6, 6.07) is 12.7. The third kappa shape index (κ3) is 4.89. The number of anilines is 1. The lowest BCUT2D eigenvalue weighted by Gasteiger charge is -2.28. The van der Waals surface area contributed by atoms with E-state index in [1.165, 1.54) is 14.0 Å². The summed E-state index contributed by atoms with van der Waals surface area (Å²) in [6.45, 7) is 1.74. The zero-order valence-corrected chi connectivity index (χ0v) is 16.3. The number of carbonyl (C=O) groups is 1. The van der Waals surface area contributed by atoms with Crippen LogP contribution in [0.2, 0.25) is 5.02 Å². The quantitative estimate of drug-likeness (QED) is 0.780. The minimum Gasteiger partial charge on any atom is -0.497 e. The minimum absolute atomic E-state index is 0.207. The summed E-state index contributed by atoms with van der Waals surface area (Å²) in [5.74, 6) is 0.0676. The van der Waals surface area contributed by atoms with Gasteiger partial charge in [-0.1, -0.05) is 35.9 Å². The first-order chi connectivity index (χ1) is 12.2. The average molecular weight is 397 g/mol. The fourth-order valence-corrected chi connectivity index (χ4v) is 3.90. The monoisotopic (exact) mass is 396 g/mol. The van der Waals surface area contributed by atoms with Crippen molar-refractivity contribution in [1.82, 2.24) is 5.32 Å². The van der Waals surface area contributed by atoms with E-state index in [4.69, 9.17) is 16.3 Å². The molecule has 0 spiro atoms. The van der Waals surface area contributed by atoms with E-state index in [0.717, 1.165) is 16.1 Å². The van der Waals surface area contributed by atoms with Gasteiger partial charge in [-0.15, -0.1) is 0 Å². The average Bonchev–Trinajstić information content (AvgIpc) is 2.59. The largest absolute Gasteiger partial charge is 0.497 e. The highest BCUT2D eigenvalue weighted by molar-refractivity contribution is 7.92. The Labute approximate surface area is 158 Å². The fraction of sp³-hybridized carbons (Fsp3) is 0.278. The Bertz CT molecular complexity index is 886. The van der Waals surface area contributed by atoms with Crippen LogP contribution in [0.5, 0.6) is 5.75 Å². The maximum absolute atomic E-state index is 12.6. The van der Waals surface area contributed by atoms with Crippen LogP contribution in [0, 0.1) is 0 Å². The van der Waals surface area contributed by atoms with Gasteiger partial charge in [-0.3, -0.25) is 9.10 Å². The summed E-state index contributed by atoms with van der Waals surface area (Å²) in [7, 11) is -2.20. The lowest BCUT2D eigenvalue weighted by molar-refractivity contribution is -0.122. The van der Waals surface area contributed by atoms with Gasteiger partial charge in [0.1, 0.15) is 11.8 Å². The number of methoxy groups -OCH3 is 1. The Morgan fingerprint density at radius 1 is 1.23 bits per heavy atom. The maximum Gasteiger partial charge on any atom is 0.243 e. The van der Waals surface area contributed by atoms with Gasteiger partial charge >= 0.3 is 0 Å². The topological polar surface area (TPSA) is 75.7 Å². The second-order valence-corrected chi connectivity index (χ2v) is 8.01. The van der Waals surface area contributed by atoms with Crippen LogP contribution in [0.3, 0.4) is 0 Å². The first kappa shape index (κ1) is 20.1. The summed E-state index contributed by atoms with van der Waals surface area (Å²) in [5, 5.41) is 3.27. The highest BCUT2D eigenvalue weighted by atomic mass is 35.5. The van der Waals surface area contributed by atoms with Crippen molar-refractivity contribution in [2.75, 3.05) is 17.7 Å². The van der Waals surface area contributed by atoms with E-state index in [1.54, 1.807) is 42.5 Å². The van der Waals surface area contributed by atoms with Gasteiger partial charge in [0, 0.05) is 17.6 Å². The minimum atomic E-state index is -3.69. The van der Waals surface area contributed by atoms with Crippen LogP contribution in [0.15, 0.2) is 48.5 Å². The van der Waals surface area contributed by atoms with Crippen molar-refractivity contribution >= 4 is 33.2 Å². The molecule has 0 aliphatic carbocycles. The van der Waals surface area contributed by atoms with Crippen LogP contribution in [-0.4, -0.2) is 33.7 Å². The number of benzene rings is 2. The Morgan fingerprint density at radius 2 is 1.92 bits per heavy atom. The molecule has 0 radical (unpaired) electrons. The lowest BCUT2D eigenvalue weighted by Crippen LogP contribution is -2.47. The zero-order chi connectivity index (χ0) is 19.3. The number of carbonyl (C=O) groups excluding carboxylic acids is 1. The van der Waals surface area contributed by atoms with E-state index in [1.807, 2.05) is 6.07 Å². The van der Waals surface area contributed by atoms with Crippen molar-refractivity contribution in [3.8, 4) is 5.75 Å². The number of ether oxygens (including phenoxy) is 1. The van der Waals surface area contributed by atoms with E-state index >= 15 is 0 Å². The van der Waals surface area contributed by atoms with Crippen molar-refractivity contribution in [2.45, 2.75) is 19.5 Å². The summed E-state index contributed by atoms with van der Waals surface area (Å²) < 4.78 is 30.8. The van der Waals surface area contributed by atoms with Crippen LogP contribution in [0.4, 0.5) is 5.69 Å². The normalized spacial score (nSPS) is 12.3. The molecule has 1 amide bonds. The first-order valence-electron chi connectivity index (χ1n) is 7.88. The van der Waals surface area contributed by atoms with Crippen molar-refractivity contribution in [2.24, 2.45) is 0 Å². The van der Waals surface area contributed by atoms with Crippen LogP contribution >= 0.6 is 11.6 Å². The van der Waals surface area contributed by atoms with Crippen molar-refractivity contribution in [3.05, 3.63) is 59.1 Å². The van der Waals surface area contributed by atoms with Crippen molar-refractivity contribution in [1.29, 1.82) is 0 Å². The van der Waals surface area contributed by atoms with Gasteiger partial charge in [-0.2, -0.15) is 0 Å². The molecule has 0 bridgehead atoms. The molecule has 0 aliphatic heterocycles. The van der Waals surface area contributed by atoms with Crippen molar-refractivity contribution in [3.63, 3.8) is 0 Å². The van der Waals surface area contributed by atoms with Gasteiger partial charge in [-0.05, 0) is 30.7 Å². The van der Waals surface area contributed by atoms with Crippen LogP contribution in [0.25, 0.3) is 0 Å². The molecular formula is C18H21ClN2O4S. The third-order valence-electron chi connectivity index (χ3n) is 3.81. The highest BCUT2D eigenvalue weighted by Crippen LogP contribution is 2.25. The molecule has 0 heterocycles. The van der Waals surface area contributed by atoms with Gasteiger partial charge in [-0.25, -0.2) is 8.42 Å². The molecule has 140 valence electrons. The second-order valence-electron chi connectivity index (χ2n) is 5.75. The summed E-state index contributed by atoms with van der Waals surface area (Å²) >= 11 is 6.08. The van der Waals surface area contributed by atoms with Crippen LogP contribution in [-0.2, 0) is 21.4 Å². The molecular weight excluding hydrogens is 376 g/mol. The smallest absolute Gasteiger partial charge is 0.243 e. The SMILES string of the molecule is COc1cccc(N(C(C)C(=O)NCc2ccccc2Cl)S(C)(=O)=O)c1. The number of sulfonamides is 1. The number of nitrogens with zero attached hydrogens (tertiary/aromatic N) is 1. The molecule has 0 aliphatic rings. The summed E-state index contributed by atoms with van der Waals surface area (Å²) in [6.07, 6.45) is 1.06. The molecule has 2 aromatic carbocycles. The number of halogens is 1. The molecule has 0 saturated carbocycles. The van der Waals surface area contributed by atoms with Gasteiger partial charge in [0.25, 0.3) is 0 Å². The molecule has 1 N–H and O–H groups in total. The Morgan fingerprint density at radius 3 is 2.54 bits per heavy atom. The molecule has 0 saturated heterocycles. The van der Waals surface area contributed by atoms with Gasteiger partial charge in [0.15, 0.2) is 0 Å². The zero-order valence-electron chi connectivity index (χ0n) is 14.8. The highest BCUT2D eigenvalue weighted by Gasteiger charge is 2.29. The van der Waals surface area contributed by atoms with E-state index < -0.39 is 22.0 Å². The molecule has 6 nitrogen and oxygen atoms in total. The Balaban J connectivity index is 2.22. The maximum atomic E-state index is 12.6. The van der Waals surface area contributed by atoms with E-state index in [0.29, 0.717) is 16.5 Å². The standard InChI is InChI=1S/C18H21ClN2O4S/c1-13(18(22)20-12-14-7-4-5-10-17(14)19)21(26(3,23)24)15-8-6-9-16(11-15)25-2/h4-11,13H,12H2,1-3H3,(H,20,22). The van der Waals surface area contributed by atoms with Crippen LogP contribution in [0.1, 0.15) is 12.5 Å². The molecule has 1 atom stereocenters. The van der Waals surface area contributed by atoms with E-state index in [9.17, 15) is 13.2 Å². The number of rotatable bonds is 7. The van der Waals surface area contributed by atoms with Crippen LogP contribution < -0.4 is 14.4 Å². The van der Waals surface area contributed by atoms with Gasteiger partial charge in [0.2, 0.25) is 15.9 Å². The van der Waals surface area contributed by atoms with E-state index in [-0.39, 0.29) is 6.54 Å². The van der Waals surface area contributed by atoms with Gasteiger partial charge in [0.05, 0.1) is 19.1 Å².